The van der Waals surface area contributed by atoms with E-state index in [2.05, 4.69) is 0 Å². The van der Waals surface area contributed by atoms with Gasteiger partial charge in [-0.15, -0.1) is 0 Å². The number of benzene rings is 1. The van der Waals surface area contributed by atoms with Crippen molar-refractivity contribution in [2.45, 2.75) is 51.0 Å². The van der Waals surface area contributed by atoms with Crippen LogP contribution >= 0.6 is 0 Å². The topological polar surface area (TPSA) is 46.2 Å². The van der Waals surface area contributed by atoms with Gasteiger partial charge in [-0.2, -0.15) is 0 Å². The zero-order chi connectivity index (χ0) is 15.5. The molecular weight excluding hydrogens is 279 g/mol. The minimum atomic E-state index is -1.51. The van der Waals surface area contributed by atoms with Crippen molar-refractivity contribution in [3.05, 3.63) is 35.1 Å². The summed E-state index contributed by atoms with van der Waals surface area (Å²) in [6.45, 7) is 0.245. The second kappa shape index (κ2) is 6.79. The molecule has 3 N–H and O–H groups in total. The van der Waals surface area contributed by atoms with Crippen LogP contribution < -0.4 is 5.73 Å². The molecule has 2 rings (SSSR count). The first-order valence-electron chi connectivity index (χ1n) is 7.53. The van der Waals surface area contributed by atoms with Crippen LogP contribution in [0.15, 0.2) is 12.1 Å². The molecule has 0 radical (unpaired) electrons. The van der Waals surface area contributed by atoms with Crippen molar-refractivity contribution in [2.24, 2.45) is 11.1 Å². The Morgan fingerprint density at radius 2 is 1.48 bits per heavy atom. The number of halogens is 3. The first kappa shape index (κ1) is 16.3. The molecule has 0 heterocycles. The molecule has 118 valence electrons. The summed E-state index contributed by atoms with van der Waals surface area (Å²) < 4.78 is 39.8. The fraction of sp³-hybridized carbons (Fsp3) is 0.625. The highest BCUT2D eigenvalue weighted by Crippen LogP contribution is 2.44. The normalized spacial score (nSPS) is 20.6. The quantitative estimate of drug-likeness (QED) is 0.834. The fourth-order valence-corrected chi connectivity index (χ4v) is 3.29. The van der Waals surface area contributed by atoms with Crippen molar-refractivity contribution in [1.82, 2.24) is 0 Å². The molecule has 21 heavy (non-hydrogen) atoms. The third-order valence-corrected chi connectivity index (χ3v) is 4.66. The maximum atomic E-state index is 13.4. The Balaban J connectivity index is 2.32. The highest BCUT2D eigenvalue weighted by atomic mass is 19.2. The molecule has 1 aliphatic carbocycles. The minimum absolute atomic E-state index is 0.0671. The van der Waals surface area contributed by atoms with E-state index in [1.807, 2.05) is 0 Å². The lowest BCUT2D eigenvalue weighted by Crippen LogP contribution is -2.37. The van der Waals surface area contributed by atoms with Crippen molar-refractivity contribution in [1.29, 1.82) is 0 Å². The van der Waals surface area contributed by atoms with Crippen molar-refractivity contribution in [3.8, 4) is 0 Å². The fourth-order valence-electron chi connectivity index (χ4n) is 3.29. The van der Waals surface area contributed by atoms with Gasteiger partial charge in [0.25, 0.3) is 0 Å². The molecular formula is C16H22F3NO. The van der Waals surface area contributed by atoms with E-state index in [4.69, 9.17) is 5.73 Å². The maximum absolute atomic E-state index is 13.4. The van der Waals surface area contributed by atoms with E-state index in [9.17, 15) is 18.3 Å². The summed E-state index contributed by atoms with van der Waals surface area (Å²) in [5, 5.41) is 10.6. The Kier molecular flexibility index (Phi) is 5.27. The second-order valence-electron chi connectivity index (χ2n) is 6.04. The van der Waals surface area contributed by atoms with E-state index in [0.717, 1.165) is 44.2 Å². The van der Waals surface area contributed by atoms with Gasteiger partial charge in [0.05, 0.1) is 6.10 Å². The van der Waals surface area contributed by atoms with Gasteiger partial charge >= 0.3 is 0 Å². The van der Waals surface area contributed by atoms with Gasteiger partial charge in [-0.05, 0) is 30.5 Å². The lowest BCUT2D eigenvalue weighted by Gasteiger charge is -2.39. The molecule has 1 saturated carbocycles. The summed E-state index contributed by atoms with van der Waals surface area (Å²) in [6, 6.07) is 1.75. The summed E-state index contributed by atoms with van der Waals surface area (Å²) >= 11 is 0. The van der Waals surface area contributed by atoms with E-state index < -0.39 is 29.0 Å². The molecule has 1 aromatic carbocycles. The van der Waals surface area contributed by atoms with Crippen molar-refractivity contribution in [2.75, 3.05) is 6.54 Å². The molecule has 1 unspecified atom stereocenters. The van der Waals surface area contributed by atoms with Crippen molar-refractivity contribution in [3.63, 3.8) is 0 Å². The van der Waals surface area contributed by atoms with Crippen LogP contribution in [0.4, 0.5) is 13.2 Å². The Labute approximate surface area is 123 Å². The van der Waals surface area contributed by atoms with E-state index >= 15 is 0 Å². The van der Waals surface area contributed by atoms with Gasteiger partial charge in [0.1, 0.15) is 0 Å². The Bertz CT molecular complexity index is 461. The minimum Gasteiger partial charge on any atom is -0.388 e. The molecule has 5 heteroatoms. The van der Waals surface area contributed by atoms with E-state index in [0.29, 0.717) is 12.8 Å². The summed E-state index contributed by atoms with van der Waals surface area (Å²) in [5.41, 5.74) is 5.36. The van der Waals surface area contributed by atoms with Crippen molar-refractivity contribution < 1.29 is 18.3 Å². The SMILES string of the molecule is NCC1(C(O)c2cc(F)c(F)c(F)c2)CCCCCCC1. The van der Waals surface area contributed by atoms with E-state index in [1.165, 1.54) is 0 Å². The van der Waals surface area contributed by atoms with Crippen LogP contribution in [0, 0.1) is 22.9 Å². The smallest absolute Gasteiger partial charge is 0.194 e. The molecule has 1 aliphatic rings. The van der Waals surface area contributed by atoms with Gasteiger partial charge < -0.3 is 10.8 Å². The largest absolute Gasteiger partial charge is 0.388 e. The molecule has 0 bridgehead atoms. The number of nitrogens with two attached hydrogens (primary N) is 1. The molecule has 0 spiro atoms. The van der Waals surface area contributed by atoms with Gasteiger partial charge in [0.2, 0.25) is 0 Å². The average molecular weight is 301 g/mol. The molecule has 1 aromatic rings. The number of hydrogen-bond donors (Lipinski definition) is 2. The number of aliphatic hydroxyl groups is 1. The zero-order valence-corrected chi connectivity index (χ0v) is 12.0. The van der Waals surface area contributed by atoms with Crippen LogP contribution in [-0.4, -0.2) is 11.7 Å². The average Bonchev–Trinajstić information content (AvgIpc) is 2.44. The standard InChI is InChI=1S/C16H22F3NO/c17-12-8-11(9-13(18)14(12)19)15(21)16(10-20)6-4-2-1-3-5-7-16/h8-9,15,21H,1-7,10,20H2. The molecule has 2 nitrogen and oxygen atoms in total. The molecule has 1 atom stereocenters. The lowest BCUT2D eigenvalue weighted by atomic mass is 9.70. The predicted molar refractivity (Wildman–Crippen MR) is 75.1 cm³/mol. The van der Waals surface area contributed by atoms with Gasteiger partial charge in [0, 0.05) is 12.0 Å². The summed E-state index contributed by atoms with van der Waals surface area (Å²) in [4.78, 5) is 0. The third kappa shape index (κ3) is 3.40. The Morgan fingerprint density at radius 3 is 1.95 bits per heavy atom. The second-order valence-corrected chi connectivity index (χ2v) is 6.04. The first-order chi connectivity index (χ1) is 10.00. The first-order valence-corrected chi connectivity index (χ1v) is 7.53. The monoisotopic (exact) mass is 301 g/mol. The molecule has 0 amide bonds. The van der Waals surface area contributed by atoms with Crippen molar-refractivity contribution >= 4 is 0 Å². The van der Waals surface area contributed by atoms with E-state index in [1.54, 1.807) is 0 Å². The van der Waals surface area contributed by atoms with Crippen LogP contribution in [0.5, 0.6) is 0 Å². The van der Waals surface area contributed by atoms with Gasteiger partial charge in [-0.3, -0.25) is 0 Å². The van der Waals surface area contributed by atoms with Crippen LogP contribution in [0.2, 0.25) is 0 Å². The number of hydrogen-bond acceptors (Lipinski definition) is 2. The highest BCUT2D eigenvalue weighted by Gasteiger charge is 2.38. The molecule has 0 aromatic heterocycles. The van der Waals surface area contributed by atoms with Gasteiger partial charge in [-0.25, -0.2) is 13.2 Å². The summed E-state index contributed by atoms with van der Waals surface area (Å²) in [6.07, 6.45) is 5.51. The lowest BCUT2D eigenvalue weighted by molar-refractivity contribution is 0.00799. The van der Waals surface area contributed by atoms with Gasteiger partial charge in [-0.1, -0.05) is 32.1 Å². The predicted octanol–water partition coefficient (Wildman–Crippen LogP) is 3.83. The van der Waals surface area contributed by atoms with Crippen LogP contribution in [0.25, 0.3) is 0 Å². The molecule has 0 aliphatic heterocycles. The summed E-state index contributed by atoms with van der Waals surface area (Å²) in [5.74, 6) is -4.06. The molecule has 1 fully saturated rings. The number of rotatable bonds is 3. The van der Waals surface area contributed by atoms with Crippen LogP contribution in [0.3, 0.4) is 0 Å². The molecule has 0 saturated heterocycles. The Morgan fingerprint density at radius 1 is 1.00 bits per heavy atom. The number of aliphatic hydroxyl groups excluding tert-OH is 1. The third-order valence-electron chi connectivity index (χ3n) is 4.66. The van der Waals surface area contributed by atoms with E-state index in [-0.39, 0.29) is 12.1 Å². The zero-order valence-electron chi connectivity index (χ0n) is 12.0. The highest BCUT2D eigenvalue weighted by molar-refractivity contribution is 5.23. The van der Waals surface area contributed by atoms with Crippen LogP contribution in [-0.2, 0) is 0 Å². The van der Waals surface area contributed by atoms with Crippen LogP contribution in [0.1, 0.15) is 56.6 Å². The van der Waals surface area contributed by atoms with Gasteiger partial charge in [0.15, 0.2) is 17.5 Å². The summed E-state index contributed by atoms with van der Waals surface area (Å²) in [7, 11) is 0. The Hall–Kier alpha value is -1.07. The maximum Gasteiger partial charge on any atom is 0.194 e.